The number of fused-ring (bicyclic) bond motifs is 1. The third-order valence-corrected chi connectivity index (χ3v) is 4.80. The second-order valence-electron chi connectivity index (χ2n) is 6.92. The fourth-order valence-corrected chi connectivity index (χ4v) is 3.31. The smallest absolute Gasteiger partial charge is 0.349 e. The number of amides is 1. The highest BCUT2D eigenvalue weighted by Gasteiger charge is 2.15. The number of benzene rings is 2. The van der Waals surface area contributed by atoms with E-state index in [2.05, 4.69) is 21.2 Å². The average molecular weight is 486 g/mol. The van der Waals surface area contributed by atoms with Crippen LogP contribution in [0.5, 0.6) is 11.5 Å². The first kappa shape index (κ1) is 22.3. The van der Waals surface area contributed by atoms with Crippen molar-refractivity contribution in [2.24, 2.45) is 0 Å². The zero-order valence-corrected chi connectivity index (χ0v) is 18.7. The maximum absolute atomic E-state index is 12.2. The van der Waals surface area contributed by atoms with E-state index in [1.54, 1.807) is 57.4 Å². The second kappa shape index (κ2) is 9.61. The molecule has 0 aliphatic rings. The quantitative estimate of drug-likeness (QED) is 0.241. The zero-order valence-electron chi connectivity index (χ0n) is 17.1. The topological polar surface area (TPSA) is 94.8 Å². The zero-order chi connectivity index (χ0) is 22.5. The van der Waals surface area contributed by atoms with Gasteiger partial charge in [0.05, 0.1) is 11.6 Å². The third-order valence-electron chi connectivity index (χ3n) is 4.18. The normalized spacial score (nSPS) is 11.1. The van der Waals surface area contributed by atoms with Crippen molar-refractivity contribution in [2.75, 3.05) is 7.11 Å². The van der Waals surface area contributed by atoms with Crippen molar-refractivity contribution in [1.29, 1.82) is 0 Å². The second-order valence-corrected chi connectivity index (χ2v) is 7.78. The van der Waals surface area contributed by atoms with E-state index in [-0.39, 0.29) is 22.9 Å². The molecule has 8 heteroatoms. The lowest BCUT2D eigenvalue weighted by atomic mass is 10.1. The molecule has 3 aromatic rings. The first-order valence-corrected chi connectivity index (χ1v) is 10.2. The van der Waals surface area contributed by atoms with E-state index in [1.807, 2.05) is 0 Å². The summed E-state index contributed by atoms with van der Waals surface area (Å²) in [4.78, 5) is 36.4. The molecule has 2 aromatic carbocycles. The van der Waals surface area contributed by atoms with Gasteiger partial charge in [-0.1, -0.05) is 6.07 Å². The number of nitrogens with one attached hydrogen (secondary N) is 1. The van der Waals surface area contributed by atoms with Gasteiger partial charge < -0.3 is 19.2 Å². The van der Waals surface area contributed by atoms with Crippen LogP contribution in [-0.2, 0) is 4.79 Å². The summed E-state index contributed by atoms with van der Waals surface area (Å²) in [5.41, 5.74) is 0.138. The predicted octanol–water partition coefficient (Wildman–Crippen LogP) is 4.32. The van der Waals surface area contributed by atoms with Crippen LogP contribution in [0.2, 0.25) is 0 Å². The van der Waals surface area contributed by atoms with Crippen molar-refractivity contribution in [3.63, 3.8) is 0 Å². The van der Waals surface area contributed by atoms with E-state index in [1.165, 1.54) is 18.2 Å². The highest BCUT2D eigenvalue weighted by Crippen LogP contribution is 2.26. The van der Waals surface area contributed by atoms with Gasteiger partial charge in [0, 0.05) is 23.6 Å². The van der Waals surface area contributed by atoms with Gasteiger partial charge in [0.15, 0.2) is 0 Å². The summed E-state index contributed by atoms with van der Waals surface area (Å²) in [6, 6.07) is 11.3. The summed E-state index contributed by atoms with van der Waals surface area (Å²) < 4.78 is 16.5. The molecule has 31 heavy (non-hydrogen) atoms. The number of hydrogen-bond acceptors (Lipinski definition) is 6. The molecule has 160 valence electrons. The van der Waals surface area contributed by atoms with Gasteiger partial charge in [0.2, 0.25) is 0 Å². The molecule has 3 rings (SSSR count). The Balaban J connectivity index is 1.76. The minimum absolute atomic E-state index is 0.0838. The molecule has 1 amide bonds. The summed E-state index contributed by atoms with van der Waals surface area (Å²) in [7, 11) is 1.57. The lowest BCUT2D eigenvalue weighted by Crippen LogP contribution is -2.33. The van der Waals surface area contributed by atoms with Crippen LogP contribution >= 0.6 is 15.9 Å². The monoisotopic (exact) mass is 485 g/mol. The molecule has 1 N–H and O–H groups in total. The molecule has 0 saturated heterocycles. The standard InChI is InChI=1S/C23H20BrNO6/c1-13(2)25-22(27)17-11-15-6-7-16(12-20(15)31-23(17)28)30-21(26)9-5-14-4-8-19(29-3)18(24)10-14/h4-13H,1-3H3,(H,25,27)/b9-5+. The van der Waals surface area contributed by atoms with Gasteiger partial charge >= 0.3 is 11.6 Å². The van der Waals surface area contributed by atoms with Gasteiger partial charge in [-0.25, -0.2) is 9.59 Å². The number of hydrogen-bond donors (Lipinski definition) is 1. The molecule has 0 unspecified atom stereocenters. The third kappa shape index (κ3) is 5.61. The highest BCUT2D eigenvalue weighted by atomic mass is 79.9. The minimum Gasteiger partial charge on any atom is -0.496 e. The molecule has 0 bridgehead atoms. The highest BCUT2D eigenvalue weighted by molar-refractivity contribution is 9.10. The van der Waals surface area contributed by atoms with E-state index < -0.39 is 17.5 Å². The van der Waals surface area contributed by atoms with E-state index in [0.717, 1.165) is 10.0 Å². The average Bonchev–Trinajstić information content (AvgIpc) is 2.71. The van der Waals surface area contributed by atoms with Crippen LogP contribution in [0.1, 0.15) is 29.8 Å². The lowest BCUT2D eigenvalue weighted by molar-refractivity contribution is -0.128. The Kier molecular flexibility index (Phi) is 6.91. The van der Waals surface area contributed by atoms with Crippen molar-refractivity contribution in [3.05, 3.63) is 74.6 Å². The number of methoxy groups -OCH3 is 1. The molecule has 0 spiro atoms. The van der Waals surface area contributed by atoms with E-state index in [9.17, 15) is 14.4 Å². The molecule has 1 heterocycles. The molecule has 0 saturated carbocycles. The van der Waals surface area contributed by atoms with Crippen molar-refractivity contribution in [1.82, 2.24) is 5.32 Å². The van der Waals surface area contributed by atoms with Crippen LogP contribution < -0.4 is 20.4 Å². The molecule has 0 aliphatic carbocycles. The van der Waals surface area contributed by atoms with Gasteiger partial charge in [0.1, 0.15) is 22.6 Å². The first-order chi connectivity index (χ1) is 14.8. The van der Waals surface area contributed by atoms with E-state index >= 15 is 0 Å². The molecular formula is C23H20BrNO6. The number of carbonyl (C=O) groups excluding carboxylic acids is 2. The van der Waals surface area contributed by atoms with E-state index in [4.69, 9.17) is 13.9 Å². The van der Waals surface area contributed by atoms with Crippen molar-refractivity contribution < 1.29 is 23.5 Å². The number of esters is 1. The number of carbonyl (C=O) groups is 2. The van der Waals surface area contributed by atoms with Crippen LogP contribution in [0.15, 0.2) is 62.2 Å². The molecule has 0 radical (unpaired) electrons. The van der Waals surface area contributed by atoms with Gasteiger partial charge in [-0.15, -0.1) is 0 Å². The van der Waals surface area contributed by atoms with Crippen LogP contribution in [0.4, 0.5) is 0 Å². The molecule has 0 fully saturated rings. The Morgan fingerprint density at radius 3 is 2.58 bits per heavy atom. The van der Waals surface area contributed by atoms with Crippen molar-refractivity contribution in [2.45, 2.75) is 19.9 Å². The lowest BCUT2D eigenvalue weighted by Gasteiger charge is -2.08. The summed E-state index contributed by atoms with van der Waals surface area (Å²) in [6.07, 6.45) is 2.89. The fourth-order valence-electron chi connectivity index (χ4n) is 2.75. The minimum atomic E-state index is -0.765. The van der Waals surface area contributed by atoms with Crippen LogP contribution in [0, 0.1) is 0 Å². The Morgan fingerprint density at radius 1 is 1.13 bits per heavy atom. The fraction of sp³-hybridized carbons (Fsp3) is 0.174. The SMILES string of the molecule is COc1ccc(/C=C/C(=O)Oc2ccc3cc(C(=O)NC(C)C)c(=O)oc3c2)cc1Br. The van der Waals surface area contributed by atoms with Crippen LogP contribution in [0.3, 0.4) is 0 Å². The Morgan fingerprint density at radius 2 is 1.90 bits per heavy atom. The predicted molar refractivity (Wildman–Crippen MR) is 120 cm³/mol. The van der Waals surface area contributed by atoms with Crippen molar-refractivity contribution >= 4 is 44.9 Å². The molecule has 1 aromatic heterocycles. The maximum Gasteiger partial charge on any atom is 0.349 e. The largest absolute Gasteiger partial charge is 0.496 e. The number of ether oxygens (including phenoxy) is 2. The van der Waals surface area contributed by atoms with Crippen LogP contribution in [-0.4, -0.2) is 25.0 Å². The van der Waals surface area contributed by atoms with Crippen molar-refractivity contribution in [3.8, 4) is 11.5 Å². The molecule has 7 nitrogen and oxygen atoms in total. The molecular weight excluding hydrogens is 466 g/mol. The summed E-state index contributed by atoms with van der Waals surface area (Å²) in [5, 5.41) is 3.19. The summed E-state index contributed by atoms with van der Waals surface area (Å²) in [5.74, 6) is -0.208. The number of halogens is 1. The van der Waals surface area contributed by atoms with Gasteiger partial charge in [0.25, 0.3) is 5.91 Å². The number of rotatable bonds is 6. The Hall–Kier alpha value is -3.39. The molecule has 0 aliphatic heterocycles. The van der Waals surface area contributed by atoms with Gasteiger partial charge in [-0.2, -0.15) is 0 Å². The molecule has 0 atom stereocenters. The van der Waals surface area contributed by atoms with Gasteiger partial charge in [-0.05, 0) is 71.7 Å². The first-order valence-electron chi connectivity index (χ1n) is 9.39. The van der Waals surface area contributed by atoms with E-state index in [0.29, 0.717) is 11.1 Å². The maximum atomic E-state index is 12.2. The Labute approximate surface area is 186 Å². The Bertz CT molecular complexity index is 1230. The van der Waals surface area contributed by atoms with Gasteiger partial charge in [-0.3, -0.25) is 4.79 Å². The summed E-state index contributed by atoms with van der Waals surface area (Å²) >= 11 is 3.39. The van der Waals surface area contributed by atoms with Crippen LogP contribution in [0.25, 0.3) is 17.0 Å². The summed E-state index contributed by atoms with van der Waals surface area (Å²) in [6.45, 7) is 3.59.